The molecule has 3 N–H and O–H groups in total. The summed E-state index contributed by atoms with van der Waals surface area (Å²) in [5.74, 6) is 6.54. The highest BCUT2D eigenvalue weighted by Crippen LogP contribution is 2.28. The molecule has 96 valence electrons. The molecule has 2 rings (SSSR count). The van der Waals surface area contributed by atoms with Gasteiger partial charge in [0, 0.05) is 10.3 Å². The maximum Gasteiger partial charge on any atom is 0.129 e. The molecule has 0 aliphatic rings. The zero-order valence-corrected chi connectivity index (χ0v) is 11.5. The largest absolute Gasteiger partial charge is 0.496 e. The average molecular weight is 262 g/mol. The number of thiophene rings is 1. The highest BCUT2D eigenvalue weighted by molar-refractivity contribution is 7.10. The van der Waals surface area contributed by atoms with Crippen LogP contribution in [0.1, 0.15) is 22.0 Å². The van der Waals surface area contributed by atoms with E-state index in [1.165, 1.54) is 16.0 Å². The molecule has 0 saturated carbocycles. The number of nitrogens with two attached hydrogens (primary N) is 1. The first-order valence-electron chi connectivity index (χ1n) is 5.87. The van der Waals surface area contributed by atoms with Crippen LogP contribution in [0.5, 0.6) is 5.75 Å². The molecule has 0 fully saturated rings. The standard InChI is InChI=1S/C14H18N2OS/c1-10-3-5-11(6-4-10)7-13(16-15)14-8-12(17-2)9-18-14/h3-6,8-9,13,16H,7,15H2,1-2H3. The topological polar surface area (TPSA) is 47.3 Å². The van der Waals surface area contributed by atoms with Crippen molar-refractivity contribution in [3.05, 3.63) is 51.7 Å². The summed E-state index contributed by atoms with van der Waals surface area (Å²) in [5, 5.41) is 1.99. The van der Waals surface area contributed by atoms with E-state index in [0.717, 1.165) is 12.2 Å². The van der Waals surface area contributed by atoms with Crippen molar-refractivity contribution in [2.45, 2.75) is 19.4 Å². The Bertz CT molecular complexity index is 493. The van der Waals surface area contributed by atoms with Crippen LogP contribution in [0, 0.1) is 6.92 Å². The summed E-state index contributed by atoms with van der Waals surface area (Å²) in [4.78, 5) is 1.19. The smallest absolute Gasteiger partial charge is 0.129 e. The maximum absolute atomic E-state index is 5.65. The third-order valence-corrected chi connectivity index (χ3v) is 3.96. The summed E-state index contributed by atoms with van der Waals surface area (Å²) >= 11 is 1.66. The summed E-state index contributed by atoms with van der Waals surface area (Å²) in [6.07, 6.45) is 0.875. The molecule has 2 aromatic rings. The Balaban J connectivity index is 2.11. The van der Waals surface area contributed by atoms with Gasteiger partial charge in [-0.05, 0) is 25.0 Å². The lowest BCUT2D eigenvalue weighted by Gasteiger charge is -2.14. The molecule has 0 bridgehead atoms. The van der Waals surface area contributed by atoms with E-state index in [1.54, 1.807) is 18.4 Å². The van der Waals surface area contributed by atoms with Crippen molar-refractivity contribution in [2.75, 3.05) is 7.11 Å². The molecular formula is C14H18N2OS. The number of aryl methyl sites for hydroxylation is 1. The summed E-state index contributed by atoms with van der Waals surface area (Å²) < 4.78 is 5.20. The number of ether oxygens (including phenoxy) is 1. The van der Waals surface area contributed by atoms with Crippen LogP contribution < -0.4 is 16.0 Å². The van der Waals surface area contributed by atoms with Crippen LogP contribution in [0.25, 0.3) is 0 Å². The van der Waals surface area contributed by atoms with Crippen molar-refractivity contribution in [3.8, 4) is 5.75 Å². The molecule has 1 aromatic heterocycles. The Labute approximate surface area is 112 Å². The third-order valence-electron chi connectivity index (χ3n) is 2.94. The van der Waals surface area contributed by atoms with Crippen molar-refractivity contribution >= 4 is 11.3 Å². The van der Waals surface area contributed by atoms with Gasteiger partial charge in [0.25, 0.3) is 0 Å². The fourth-order valence-electron chi connectivity index (χ4n) is 1.83. The Morgan fingerprint density at radius 3 is 2.61 bits per heavy atom. The van der Waals surface area contributed by atoms with Gasteiger partial charge in [-0.25, -0.2) is 0 Å². The fourth-order valence-corrected chi connectivity index (χ4v) is 2.74. The van der Waals surface area contributed by atoms with E-state index in [9.17, 15) is 0 Å². The van der Waals surface area contributed by atoms with Crippen molar-refractivity contribution in [3.63, 3.8) is 0 Å². The summed E-state index contributed by atoms with van der Waals surface area (Å²) in [5.41, 5.74) is 5.42. The summed E-state index contributed by atoms with van der Waals surface area (Å²) in [7, 11) is 1.68. The lowest BCUT2D eigenvalue weighted by Crippen LogP contribution is -2.28. The first-order chi connectivity index (χ1) is 8.72. The van der Waals surface area contributed by atoms with Gasteiger partial charge in [-0.15, -0.1) is 11.3 Å². The molecular weight excluding hydrogens is 244 g/mol. The van der Waals surface area contributed by atoms with Crippen LogP contribution in [0.2, 0.25) is 0 Å². The van der Waals surface area contributed by atoms with Crippen molar-refractivity contribution in [2.24, 2.45) is 5.84 Å². The quantitative estimate of drug-likeness (QED) is 0.643. The molecule has 0 aliphatic carbocycles. The third kappa shape index (κ3) is 3.10. The molecule has 0 radical (unpaired) electrons. The van der Waals surface area contributed by atoms with E-state index >= 15 is 0 Å². The molecule has 1 unspecified atom stereocenters. The number of hydrazine groups is 1. The SMILES string of the molecule is COc1csc(C(Cc2ccc(C)cc2)NN)c1. The van der Waals surface area contributed by atoms with Gasteiger partial charge in [0.05, 0.1) is 13.2 Å². The van der Waals surface area contributed by atoms with Crippen molar-refractivity contribution < 1.29 is 4.74 Å². The normalized spacial score (nSPS) is 12.4. The van der Waals surface area contributed by atoms with Gasteiger partial charge in [0.15, 0.2) is 0 Å². The van der Waals surface area contributed by atoms with E-state index < -0.39 is 0 Å². The van der Waals surface area contributed by atoms with Crippen LogP contribution in [0.15, 0.2) is 35.7 Å². The van der Waals surface area contributed by atoms with Gasteiger partial charge in [0.2, 0.25) is 0 Å². The van der Waals surface area contributed by atoms with Gasteiger partial charge < -0.3 is 4.74 Å². The highest BCUT2D eigenvalue weighted by Gasteiger charge is 2.13. The van der Waals surface area contributed by atoms with Gasteiger partial charge in [0.1, 0.15) is 5.75 Å². The summed E-state index contributed by atoms with van der Waals surface area (Å²) in [6.45, 7) is 2.09. The molecule has 1 aromatic carbocycles. The van der Waals surface area contributed by atoms with E-state index in [2.05, 4.69) is 36.6 Å². The molecule has 18 heavy (non-hydrogen) atoms. The van der Waals surface area contributed by atoms with Crippen LogP contribution in [0.3, 0.4) is 0 Å². The second kappa shape index (κ2) is 6.00. The molecule has 0 amide bonds. The van der Waals surface area contributed by atoms with Crippen LogP contribution in [-0.4, -0.2) is 7.11 Å². The lowest BCUT2D eigenvalue weighted by atomic mass is 10.0. The summed E-state index contributed by atoms with van der Waals surface area (Å²) in [6, 6.07) is 10.7. The Morgan fingerprint density at radius 2 is 2.06 bits per heavy atom. The maximum atomic E-state index is 5.65. The Hall–Kier alpha value is -1.36. The number of benzene rings is 1. The predicted molar refractivity (Wildman–Crippen MR) is 75.8 cm³/mol. The van der Waals surface area contributed by atoms with Crippen molar-refractivity contribution in [1.29, 1.82) is 0 Å². The number of hydrogen-bond donors (Lipinski definition) is 2. The molecule has 1 atom stereocenters. The van der Waals surface area contributed by atoms with E-state index in [1.807, 2.05) is 11.4 Å². The number of nitrogens with one attached hydrogen (secondary N) is 1. The Kier molecular flexibility index (Phi) is 4.36. The van der Waals surface area contributed by atoms with Crippen LogP contribution in [0.4, 0.5) is 0 Å². The molecule has 4 heteroatoms. The van der Waals surface area contributed by atoms with Gasteiger partial charge >= 0.3 is 0 Å². The second-order valence-corrected chi connectivity index (χ2v) is 5.24. The minimum absolute atomic E-state index is 0.126. The number of hydrogen-bond acceptors (Lipinski definition) is 4. The monoisotopic (exact) mass is 262 g/mol. The zero-order valence-electron chi connectivity index (χ0n) is 10.6. The number of rotatable bonds is 5. The molecule has 3 nitrogen and oxygen atoms in total. The van der Waals surface area contributed by atoms with Gasteiger partial charge in [-0.1, -0.05) is 29.8 Å². The molecule has 1 heterocycles. The highest BCUT2D eigenvalue weighted by atomic mass is 32.1. The second-order valence-electron chi connectivity index (χ2n) is 4.30. The minimum atomic E-state index is 0.126. The predicted octanol–water partition coefficient (Wildman–Crippen LogP) is 2.81. The Morgan fingerprint density at radius 1 is 1.33 bits per heavy atom. The average Bonchev–Trinajstić information content (AvgIpc) is 2.87. The van der Waals surface area contributed by atoms with Crippen LogP contribution in [-0.2, 0) is 6.42 Å². The number of methoxy groups -OCH3 is 1. The fraction of sp³-hybridized carbons (Fsp3) is 0.286. The van der Waals surface area contributed by atoms with Gasteiger partial charge in [-0.3, -0.25) is 11.3 Å². The van der Waals surface area contributed by atoms with Gasteiger partial charge in [-0.2, -0.15) is 0 Å². The van der Waals surface area contributed by atoms with E-state index in [-0.39, 0.29) is 6.04 Å². The minimum Gasteiger partial charge on any atom is -0.496 e. The molecule has 0 spiro atoms. The molecule has 0 saturated heterocycles. The molecule has 0 aliphatic heterocycles. The first-order valence-corrected chi connectivity index (χ1v) is 6.75. The van der Waals surface area contributed by atoms with Crippen molar-refractivity contribution in [1.82, 2.24) is 5.43 Å². The van der Waals surface area contributed by atoms with Crippen LogP contribution >= 0.6 is 11.3 Å². The first kappa shape index (κ1) is 13.1. The van der Waals surface area contributed by atoms with E-state index in [4.69, 9.17) is 10.6 Å². The lowest BCUT2D eigenvalue weighted by molar-refractivity contribution is 0.415. The zero-order chi connectivity index (χ0) is 13.0. The van der Waals surface area contributed by atoms with E-state index in [0.29, 0.717) is 0 Å².